The van der Waals surface area contributed by atoms with Gasteiger partial charge in [0.1, 0.15) is 11.6 Å². The molecule has 2 amide bonds. The number of carbonyl (C=O) groups is 1. The summed E-state index contributed by atoms with van der Waals surface area (Å²) in [7, 11) is 0. The Morgan fingerprint density at radius 2 is 1.76 bits per heavy atom. The lowest BCUT2D eigenvalue weighted by Crippen LogP contribution is -2.63. The molecule has 1 aromatic rings. The zero-order chi connectivity index (χ0) is 14.8. The van der Waals surface area contributed by atoms with Gasteiger partial charge < -0.3 is 15.0 Å². The monoisotopic (exact) mass is 297 g/mol. The fraction of sp³-hybridized carbons (Fsp3) is 0.500. The maximum atomic E-state index is 13.1. The molecule has 1 N–H and O–H groups in total. The third kappa shape index (κ3) is 3.30. The van der Waals surface area contributed by atoms with Gasteiger partial charge in [0.25, 0.3) is 0 Å². The highest BCUT2D eigenvalue weighted by Gasteiger charge is 2.35. The highest BCUT2D eigenvalue weighted by atomic mass is 19.1. The smallest absolute Gasteiger partial charge is 0.321 e. The summed E-state index contributed by atoms with van der Waals surface area (Å²) in [6.07, 6.45) is 0. The summed E-state index contributed by atoms with van der Waals surface area (Å²) in [5, 5.41) is 2.51. The molecule has 0 saturated carbocycles. The van der Waals surface area contributed by atoms with E-state index in [1.54, 1.807) is 4.90 Å². The number of amides is 2. The van der Waals surface area contributed by atoms with Crippen molar-refractivity contribution in [2.24, 2.45) is 0 Å². The van der Waals surface area contributed by atoms with Crippen molar-refractivity contribution in [3.8, 4) is 0 Å². The maximum absolute atomic E-state index is 13.1. The fourth-order valence-electron chi connectivity index (χ4n) is 2.62. The van der Waals surface area contributed by atoms with Crippen LogP contribution in [0, 0.1) is 11.6 Å². The third-order valence-corrected chi connectivity index (χ3v) is 3.83. The Morgan fingerprint density at radius 1 is 1.14 bits per heavy atom. The SMILES string of the molecule is O=C(Nc1cc(F)cc(F)c1)N1CC(N2CCOCC2)C1. The van der Waals surface area contributed by atoms with E-state index < -0.39 is 11.6 Å². The second kappa shape index (κ2) is 5.95. The first-order valence-electron chi connectivity index (χ1n) is 6.95. The van der Waals surface area contributed by atoms with Crippen molar-refractivity contribution in [3.63, 3.8) is 0 Å². The quantitative estimate of drug-likeness (QED) is 0.900. The molecule has 0 aliphatic carbocycles. The van der Waals surface area contributed by atoms with Crippen molar-refractivity contribution in [3.05, 3.63) is 29.8 Å². The van der Waals surface area contributed by atoms with E-state index in [0.717, 1.165) is 44.5 Å². The van der Waals surface area contributed by atoms with E-state index in [4.69, 9.17) is 4.74 Å². The average molecular weight is 297 g/mol. The summed E-state index contributed by atoms with van der Waals surface area (Å²) in [5.41, 5.74) is 0.132. The standard InChI is InChI=1S/C14H17F2N3O2/c15-10-5-11(16)7-12(6-10)17-14(20)19-8-13(9-19)18-1-3-21-4-2-18/h5-7,13H,1-4,8-9H2,(H,17,20). The summed E-state index contributed by atoms with van der Waals surface area (Å²) in [5.74, 6) is -1.42. The highest BCUT2D eigenvalue weighted by molar-refractivity contribution is 5.89. The normalized spacial score (nSPS) is 20.2. The molecule has 2 fully saturated rings. The summed E-state index contributed by atoms with van der Waals surface area (Å²) in [6, 6.07) is 2.99. The number of anilines is 1. The van der Waals surface area contributed by atoms with E-state index in [2.05, 4.69) is 10.2 Å². The van der Waals surface area contributed by atoms with Gasteiger partial charge in [-0.2, -0.15) is 0 Å². The molecule has 114 valence electrons. The van der Waals surface area contributed by atoms with Crippen LogP contribution in [0.3, 0.4) is 0 Å². The van der Waals surface area contributed by atoms with Gasteiger partial charge in [-0.05, 0) is 12.1 Å². The first-order chi connectivity index (χ1) is 10.1. The second-order valence-corrected chi connectivity index (χ2v) is 5.30. The molecule has 2 saturated heterocycles. The van der Waals surface area contributed by atoms with Gasteiger partial charge in [0.15, 0.2) is 0 Å². The Bertz CT molecular complexity index is 509. The summed E-state index contributed by atoms with van der Waals surface area (Å²) in [4.78, 5) is 15.9. The van der Waals surface area contributed by atoms with E-state index in [1.807, 2.05) is 0 Å². The van der Waals surface area contributed by atoms with Crippen molar-refractivity contribution in [1.82, 2.24) is 9.80 Å². The summed E-state index contributed by atoms with van der Waals surface area (Å²) in [6.45, 7) is 4.48. The van der Waals surface area contributed by atoms with Gasteiger partial charge in [-0.1, -0.05) is 0 Å². The predicted molar refractivity (Wildman–Crippen MR) is 73.1 cm³/mol. The zero-order valence-electron chi connectivity index (χ0n) is 11.5. The summed E-state index contributed by atoms with van der Waals surface area (Å²) < 4.78 is 31.4. The van der Waals surface area contributed by atoms with Crippen LogP contribution < -0.4 is 5.32 Å². The van der Waals surface area contributed by atoms with Crippen LogP contribution in [0.1, 0.15) is 0 Å². The average Bonchev–Trinajstić information content (AvgIpc) is 2.36. The van der Waals surface area contributed by atoms with E-state index in [1.165, 1.54) is 0 Å². The van der Waals surface area contributed by atoms with Gasteiger partial charge in [-0.3, -0.25) is 4.90 Å². The van der Waals surface area contributed by atoms with Crippen molar-refractivity contribution in [2.45, 2.75) is 6.04 Å². The molecule has 0 radical (unpaired) electrons. The minimum absolute atomic E-state index is 0.132. The molecular formula is C14H17F2N3O2. The van der Waals surface area contributed by atoms with Gasteiger partial charge in [-0.25, -0.2) is 13.6 Å². The topological polar surface area (TPSA) is 44.8 Å². The molecule has 21 heavy (non-hydrogen) atoms. The Labute approximate surface area is 121 Å². The van der Waals surface area contributed by atoms with Crippen LogP contribution in [0.2, 0.25) is 0 Å². The number of nitrogens with one attached hydrogen (secondary N) is 1. The Hall–Kier alpha value is -1.73. The second-order valence-electron chi connectivity index (χ2n) is 5.30. The molecule has 0 spiro atoms. The predicted octanol–water partition coefficient (Wildman–Crippen LogP) is 1.51. The fourth-order valence-corrected chi connectivity index (χ4v) is 2.62. The number of rotatable bonds is 2. The van der Waals surface area contributed by atoms with Gasteiger partial charge in [0, 0.05) is 44.0 Å². The lowest BCUT2D eigenvalue weighted by Gasteiger charge is -2.46. The molecule has 3 rings (SSSR count). The lowest BCUT2D eigenvalue weighted by molar-refractivity contribution is -0.0189. The number of ether oxygens (including phenoxy) is 1. The number of benzene rings is 1. The van der Waals surface area contributed by atoms with Crippen LogP contribution >= 0.6 is 0 Å². The Kier molecular flexibility index (Phi) is 4.03. The molecule has 2 aliphatic rings. The van der Waals surface area contributed by atoms with E-state index in [0.29, 0.717) is 19.1 Å². The van der Waals surface area contributed by atoms with Gasteiger partial charge >= 0.3 is 6.03 Å². The molecule has 0 aromatic heterocycles. The molecule has 2 heterocycles. The molecule has 0 bridgehead atoms. The number of morpholine rings is 1. The molecule has 0 atom stereocenters. The molecule has 7 heteroatoms. The number of nitrogens with zero attached hydrogens (tertiary/aromatic N) is 2. The molecule has 1 aromatic carbocycles. The minimum Gasteiger partial charge on any atom is -0.379 e. The van der Waals surface area contributed by atoms with Crippen molar-refractivity contribution >= 4 is 11.7 Å². The molecule has 5 nitrogen and oxygen atoms in total. The first kappa shape index (κ1) is 14.2. The van der Waals surface area contributed by atoms with Gasteiger partial charge in [-0.15, -0.1) is 0 Å². The lowest BCUT2D eigenvalue weighted by atomic mass is 10.1. The number of likely N-dealkylation sites (tertiary alicyclic amines) is 1. The van der Waals surface area contributed by atoms with E-state index >= 15 is 0 Å². The number of urea groups is 1. The summed E-state index contributed by atoms with van der Waals surface area (Å²) >= 11 is 0. The Balaban J connectivity index is 1.51. The number of carbonyl (C=O) groups excluding carboxylic acids is 1. The van der Waals surface area contributed by atoms with Crippen LogP contribution in [0.25, 0.3) is 0 Å². The van der Waals surface area contributed by atoms with Crippen LogP contribution in [-0.2, 0) is 4.74 Å². The van der Waals surface area contributed by atoms with Gasteiger partial charge in [0.2, 0.25) is 0 Å². The van der Waals surface area contributed by atoms with Crippen molar-refractivity contribution in [2.75, 3.05) is 44.7 Å². The molecular weight excluding hydrogens is 280 g/mol. The zero-order valence-corrected chi connectivity index (χ0v) is 11.5. The van der Waals surface area contributed by atoms with Crippen LogP contribution in [-0.4, -0.2) is 61.3 Å². The van der Waals surface area contributed by atoms with Crippen molar-refractivity contribution < 1.29 is 18.3 Å². The maximum Gasteiger partial charge on any atom is 0.321 e. The van der Waals surface area contributed by atoms with Crippen LogP contribution in [0.5, 0.6) is 0 Å². The number of halogens is 2. The molecule has 2 aliphatic heterocycles. The van der Waals surface area contributed by atoms with E-state index in [9.17, 15) is 13.6 Å². The Morgan fingerprint density at radius 3 is 2.38 bits per heavy atom. The number of hydrogen-bond donors (Lipinski definition) is 1. The van der Waals surface area contributed by atoms with Crippen LogP contribution in [0.15, 0.2) is 18.2 Å². The van der Waals surface area contributed by atoms with Gasteiger partial charge in [0.05, 0.1) is 13.2 Å². The van der Waals surface area contributed by atoms with E-state index in [-0.39, 0.29) is 11.7 Å². The number of hydrogen-bond acceptors (Lipinski definition) is 3. The first-order valence-corrected chi connectivity index (χ1v) is 6.95. The third-order valence-electron chi connectivity index (χ3n) is 3.83. The van der Waals surface area contributed by atoms with Crippen molar-refractivity contribution in [1.29, 1.82) is 0 Å². The largest absolute Gasteiger partial charge is 0.379 e. The molecule has 0 unspecified atom stereocenters. The highest BCUT2D eigenvalue weighted by Crippen LogP contribution is 2.19. The minimum atomic E-state index is -0.708. The van der Waals surface area contributed by atoms with Crippen LogP contribution in [0.4, 0.5) is 19.3 Å².